The van der Waals surface area contributed by atoms with Gasteiger partial charge >= 0.3 is 6.36 Å². The van der Waals surface area contributed by atoms with E-state index in [4.69, 9.17) is 10.00 Å². The third-order valence-electron chi connectivity index (χ3n) is 2.35. The first kappa shape index (κ1) is 15.2. The van der Waals surface area contributed by atoms with Gasteiger partial charge in [-0.2, -0.15) is 5.26 Å². The second-order valence-electron chi connectivity index (χ2n) is 3.87. The lowest BCUT2D eigenvalue weighted by Gasteiger charge is -2.10. The Kier molecular flexibility index (Phi) is 4.38. The van der Waals surface area contributed by atoms with Gasteiger partial charge in [-0.3, -0.25) is 0 Å². The molecule has 0 spiro atoms. The Morgan fingerprint density at radius 1 is 1.00 bits per heavy atom. The Hall–Kier alpha value is -2.20. The molecule has 7 heteroatoms. The zero-order valence-corrected chi connectivity index (χ0v) is 11.9. The third kappa shape index (κ3) is 4.39. The molecule has 3 nitrogen and oxygen atoms in total. The molecule has 0 aliphatic rings. The van der Waals surface area contributed by atoms with Crippen LogP contribution in [0.1, 0.15) is 5.56 Å². The maximum atomic E-state index is 12.0. The molecule has 2 rings (SSSR count). The van der Waals surface area contributed by atoms with Crippen LogP contribution in [0.2, 0.25) is 0 Å². The topological polar surface area (TPSA) is 42.2 Å². The van der Waals surface area contributed by atoms with Gasteiger partial charge in [-0.05, 0) is 42.5 Å². The number of nitriles is 1. The van der Waals surface area contributed by atoms with Crippen LogP contribution in [-0.4, -0.2) is 6.36 Å². The molecule has 0 saturated heterocycles. The lowest BCUT2D eigenvalue weighted by atomic mass is 10.2. The quantitative estimate of drug-likeness (QED) is 0.775. The van der Waals surface area contributed by atoms with Crippen LogP contribution < -0.4 is 9.47 Å². The van der Waals surface area contributed by atoms with E-state index in [2.05, 4.69) is 20.7 Å². The van der Waals surface area contributed by atoms with Crippen LogP contribution in [0.5, 0.6) is 17.2 Å². The number of rotatable bonds is 3. The minimum Gasteiger partial charge on any atom is -0.456 e. The Morgan fingerprint density at radius 2 is 1.62 bits per heavy atom. The standard InChI is InChI=1S/C14H7BrF3NO2/c15-10-2-1-9(8-19)13(7-10)20-11-3-5-12(6-4-11)21-14(16,17)18/h1-7H. The minimum atomic E-state index is -4.74. The van der Waals surface area contributed by atoms with Crippen LogP contribution in [0, 0.1) is 11.3 Å². The lowest BCUT2D eigenvalue weighted by molar-refractivity contribution is -0.274. The van der Waals surface area contributed by atoms with Gasteiger partial charge in [0.1, 0.15) is 23.3 Å². The van der Waals surface area contributed by atoms with Crippen molar-refractivity contribution in [1.82, 2.24) is 0 Å². The molecule has 2 aromatic carbocycles. The highest BCUT2D eigenvalue weighted by Gasteiger charge is 2.30. The van der Waals surface area contributed by atoms with Crippen LogP contribution in [0.25, 0.3) is 0 Å². The first-order chi connectivity index (χ1) is 9.87. The zero-order valence-electron chi connectivity index (χ0n) is 10.3. The first-order valence-corrected chi connectivity index (χ1v) is 6.40. The third-order valence-corrected chi connectivity index (χ3v) is 2.84. The summed E-state index contributed by atoms with van der Waals surface area (Å²) in [5.74, 6) is 0.250. The van der Waals surface area contributed by atoms with Gasteiger partial charge in [-0.1, -0.05) is 15.9 Å². The van der Waals surface area contributed by atoms with Crippen molar-refractivity contribution in [3.63, 3.8) is 0 Å². The average Bonchev–Trinajstić information content (AvgIpc) is 2.40. The van der Waals surface area contributed by atoms with Gasteiger partial charge in [-0.15, -0.1) is 13.2 Å². The SMILES string of the molecule is N#Cc1ccc(Br)cc1Oc1ccc(OC(F)(F)F)cc1. The fourth-order valence-corrected chi connectivity index (χ4v) is 1.85. The minimum absolute atomic E-state index is 0.291. The van der Waals surface area contributed by atoms with Gasteiger partial charge in [-0.25, -0.2) is 0 Å². The average molecular weight is 358 g/mol. The van der Waals surface area contributed by atoms with Crippen molar-refractivity contribution in [2.45, 2.75) is 6.36 Å². The van der Waals surface area contributed by atoms with Gasteiger partial charge in [0, 0.05) is 4.47 Å². The molecule has 0 amide bonds. The summed E-state index contributed by atoms with van der Waals surface area (Å²) >= 11 is 3.25. The molecule has 0 saturated carbocycles. The van der Waals surface area contributed by atoms with E-state index in [0.717, 1.165) is 12.1 Å². The summed E-state index contributed by atoms with van der Waals surface area (Å²) in [6.45, 7) is 0. The van der Waals surface area contributed by atoms with E-state index in [9.17, 15) is 13.2 Å². The molecule has 0 bridgehead atoms. The highest BCUT2D eigenvalue weighted by molar-refractivity contribution is 9.10. The molecule has 0 atom stereocenters. The van der Waals surface area contributed by atoms with E-state index in [-0.39, 0.29) is 5.75 Å². The molecule has 0 fully saturated rings. The summed E-state index contributed by atoms with van der Waals surface area (Å²) in [4.78, 5) is 0. The number of alkyl halides is 3. The molecular weight excluding hydrogens is 351 g/mol. The normalized spacial score (nSPS) is 10.8. The van der Waals surface area contributed by atoms with Crippen molar-refractivity contribution < 1.29 is 22.6 Å². The fraction of sp³-hybridized carbons (Fsp3) is 0.0714. The largest absolute Gasteiger partial charge is 0.573 e. The van der Waals surface area contributed by atoms with Crippen LogP contribution in [0.15, 0.2) is 46.9 Å². The van der Waals surface area contributed by atoms with Crippen molar-refractivity contribution in [3.8, 4) is 23.3 Å². The van der Waals surface area contributed by atoms with E-state index in [0.29, 0.717) is 21.5 Å². The number of hydrogen-bond donors (Lipinski definition) is 0. The first-order valence-electron chi connectivity index (χ1n) is 5.61. The van der Waals surface area contributed by atoms with E-state index in [1.165, 1.54) is 12.1 Å². The van der Waals surface area contributed by atoms with E-state index in [1.54, 1.807) is 18.2 Å². The monoisotopic (exact) mass is 357 g/mol. The highest BCUT2D eigenvalue weighted by atomic mass is 79.9. The van der Waals surface area contributed by atoms with Crippen molar-refractivity contribution in [2.24, 2.45) is 0 Å². The van der Waals surface area contributed by atoms with Crippen LogP contribution in [-0.2, 0) is 0 Å². The lowest BCUT2D eigenvalue weighted by Crippen LogP contribution is -2.16. The molecule has 21 heavy (non-hydrogen) atoms. The van der Waals surface area contributed by atoms with Crippen LogP contribution in [0.3, 0.4) is 0 Å². The summed E-state index contributed by atoms with van der Waals surface area (Å²) in [5, 5.41) is 8.97. The molecule has 0 heterocycles. The Balaban J connectivity index is 2.18. The molecule has 0 aromatic heterocycles. The Morgan fingerprint density at radius 3 is 2.19 bits per heavy atom. The summed E-state index contributed by atoms with van der Waals surface area (Å²) in [6, 6.07) is 11.7. The number of halogens is 4. The molecular formula is C14H7BrF3NO2. The summed E-state index contributed by atoms with van der Waals surface area (Å²) in [5.41, 5.74) is 0.314. The number of ether oxygens (including phenoxy) is 2. The molecule has 0 unspecified atom stereocenters. The number of benzene rings is 2. The molecule has 2 aromatic rings. The maximum absolute atomic E-state index is 12.0. The van der Waals surface area contributed by atoms with E-state index >= 15 is 0 Å². The van der Waals surface area contributed by atoms with Crippen molar-refractivity contribution in [3.05, 3.63) is 52.5 Å². The number of hydrogen-bond acceptors (Lipinski definition) is 3. The molecule has 0 aliphatic heterocycles. The predicted octanol–water partition coefficient (Wildman–Crippen LogP) is 5.01. The van der Waals surface area contributed by atoms with Gasteiger partial charge in [0.25, 0.3) is 0 Å². The number of nitrogens with zero attached hydrogens (tertiary/aromatic N) is 1. The molecule has 108 valence electrons. The summed E-state index contributed by atoms with van der Waals surface area (Å²) < 4.78 is 46.1. The van der Waals surface area contributed by atoms with Crippen LogP contribution in [0.4, 0.5) is 13.2 Å². The molecule has 0 radical (unpaired) electrons. The Bertz CT molecular complexity index is 678. The highest BCUT2D eigenvalue weighted by Crippen LogP contribution is 2.30. The molecule has 0 aliphatic carbocycles. The van der Waals surface area contributed by atoms with Gasteiger partial charge < -0.3 is 9.47 Å². The van der Waals surface area contributed by atoms with Gasteiger partial charge in [0.05, 0.1) is 5.56 Å². The maximum Gasteiger partial charge on any atom is 0.573 e. The second-order valence-corrected chi connectivity index (χ2v) is 4.79. The van der Waals surface area contributed by atoms with Gasteiger partial charge in [0.2, 0.25) is 0 Å². The van der Waals surface area contributed by atoms with Crippen molar-refractivity contribution in [2.75, 3.05) is 0 Å². The Labute approximate surface area is 126 Å². The van der Waals surface area contributed by atoms with E-state index < -0.39 is 6.36 Å². The van der Waals surface area contributed by atoms with Crippen molar-refractivity contribution in [1.29, 1.82) is 5.26 Å². The van der Waals surface area contributed by atoms with E-state index in [1.807, 2.05) is 6.07 Å². The van der Waals surface area contributed by atoms with Crippen molar-refractivity contribution >= 4 is 15.9 Å². The fourth-order valence-electron chi connectivity index (χ4n) is 1.51. The summed E-state index contributed by atoms with van der Waals surface area (Å²) in [7, 11) is 0. The smallest absolute Gasteiger partial charge is 0.456 e. The van der Waals surface area contributed by atoms with Gasteiger partial charge in [0.15, 0.2) is 0 Å². The molecule has 0 N–H and O–H groups in total. The second kappa shape index (κ2) is 6.06. The summed E-state index contributed by atoms with van der Waals surface area (Å²) in [6.07, 6.45) is -4.74. The predicted molar refractivity (Wildman–Crippen MR) is 72.1 cm³/mol. The van der Waals surface area contributed by atoms with Crippen LogP contribution >= 0.6 is 15.9 Å². The zero-order chi connectivity index (χ0) is 15.5.